The minimum Gasteiger partial charge on any atom is -0.310 e. The SMILES string of the molecule is c1ccc(-c2cccc(N(c3cccc(-c4cccc(-c5cccc6ccccc56)c4)c3)c3cccc(-c4ccccc4-c4ccccc4)c3)c2)cc1. The average molecular weight is 676 g/mol. The van der Waals surface area contributed by atoms with E-state index in [9.17, 15) is 0 Å². The van der Waals surface area contributed by atoms with Gasteiger partial charge in [-0.15, -0.1) is 0 Å². The van der Waals surface area contributed by atoms with Crippen molar-refractivity contribution in [3.63, 3.8) is 0 Å². The zero-order chi connectivity index (χ0) is 35.4. The molecule has 9 aromatic carbocycles. The Bertz CT molecular complexity index is 2670. The van der Waals surface area contributed by atoms with E-state index in [1.807, 2.05) is 0 Å². The van der Waals surface area contributed by atoms with E-state index in [0.717, 1.165) is 17.1 Å². The van der Waals surface area contributed by atoms with Crippen molar-refractivity contribution in [3.05, 3.63) is 224 Å². The summed E-state index contributed by atoms with van der Waals surface area (Å²) in [5.74, 6) is 0. The van der Waals surface area contributed by atoms with Gasteiger partial charge in [-0.25, -0.2) is 0 Å². The molecule has 53 heavy (non-hydrogen) atoms. The lowest BCUT2D eigenvalue weighted by Crippen LogP contribution is -2.10. The summed E-state index contributed by atoms with van der Waals surface area (Å²) >= 11 is 0. The molecule has 0 saturated heterocycles. The van der Waals surface area contributed by atoms with Crippen molar-refractivity contribution in [2.24, 2.45) is 0 Å². The van der Waals surface area contributed by atoms with Crippen LogP contribution >= 0.6 is 0 Å². The molecule has 1 nitrogen and oxygen atoms in total. The number of fused-ring (bicyclic) bond motifs is 1. The van der Waals surface area contributed by atoms with Crippen molar-refractivity contribution in [2.75, 3.05) is 4.90 Å². The average Bonchev–Trinajstić information content (AvgIpc) is 3.24. The molecule has 0 bridgehead atoms. The van der Waals surface area contributed by atoms with E-state index in [2.05, 4.69) is 229 Å². The van der Waals surface area contributed by atoms with Crippen LogP contribution in [0.4, 0.5) is 17.1 Å². The van der Waals surface area contributed by atoms with E-state index in [4.69, 9.17) is 0 Å². The summed E-state index contributed by atoms with van der Waals surface area (Å²) < 4.78 is 0. The van der Waals surface area contributed by atoms with Gasteiger partial charge in [-0.3, -0.25) is 0 Å². The fourth-order valence-corrected chi connectivity index (χ4v) is 7.49. The number of hydrogen-bond donors (Lipinski definition) is 0. The molecule has 0 aliphatic rings. The van der Waals surface area contributed by atoms with E-state index in [-0.39, 0.29) is 0 Å². The van der Waals surface area contributed by atoms with Gasteiger partial charge in [-0.2, -0.15) is 0 Å². The summed E-state index contributed by atoms with van der Waals surface area (Å²) in [5, 5.41) is 2.51. The Morgan fingerprint density at radius 2 is 0.604 bits per heavy atom. The fourth-order valence-electron chi connectivity index (χ4n) is 7.49. The summed E-state index contributed by atoms with van der Waals surface area (Å²) in [7, 11) is 0. The van der Waals surface area contributed by atoms with Gasteiger partial charge in [0.2, 0.25) is 0 Å². The van der Waals surface area contributed by atoms with Crippen LogP contribution in [0.1, 0.15) is 0 Å². The van der Waals surface area contributed by atoms with E-state index in [1.165, 1.54) is 66.4 Å². The number of benzene rings is 9. The van der Waals surface area contributed by atoms with Crippen molar-refractivity contribution in [3.8, 4) is 55.6 Å². The summed E-state index contributed by atoms with van der Waals surface area (Å²) in [6, 6.07) is 80.8. The lowest BCUT2D eigenvalue weighted by molar-refractivity contribution is 1.28. The minimum absolute atomic E-state index is 1.09. The van der Waals surface area contributed by atoms with Gasteiger partial charge < -0.3 is 4.90 Å². The van der Waals surface area contributed by atoms with Crippen molar-refractivity contribution in [1.29, 1.82) is 0 Å². The Morgan fingerprint density at radius 1 is 0.226 bits per heavy atom. The van der Waals surface area contributed by atoms with Crippen LogP contribution in [0.25, 0.3) is 66.4 Å². The van der Waals surface area contributed by atoms with Crippen LogP contribution in [0.2, 0.25) is 0 Å². The molecule has 0 aromatic heterocycles. The molecule has 0 saturated carbocycles. The van der Waals surface area contributed by atoms with Crippen LogP contribution in [0.5, 0.6) is 0 Å². The van der Waals surface area contributed by atoms with Gasteiger partial charge >= 0.3 is 0 Å². The topological polar surface area (TPSA) is 3.24 Å². The van der Waals surface area contributed by atoms with Gasteiger partial charge in [-0.1, -0.05) is 182 Å². The van der Waals surface area contributed by atoms with Crippen LogP contribution in [-0.4, -0.2) is 0 Å². The molecule has 0 amide bonds. The van der Waals surface area contributed by atoms with Crippen LogP contribution in [-0.2, 0) is 0 Å². The summed E-state index contributed by atoms with van der Waals surface area (Å²) in [6.45, 7) is 0. The largest absolute Gasteiger partial charge is 0.310 e. The lowest BCUT2D eigenvalue weighted by Gasteiger charge is -2.27. The second-order valence-corrected chi connectivity index (χ2v) is 13.4. The first-order valence-corrected chi connectivity index (χ1v) is 18.2. The first kappa shape index (κ1) is 32.0. The third-order valence-electron chi connectivity index (χ3n) is 10.0. The lowest BCUT2D eigenvalue weighted by atomic mass is 9.94. The Balaban J connectivity index is 1.17. The van der Waals surface area contributed by atoms with Crippen LogP contribution in [0.3, 0.4) is 0 Å². The quantitative estimate of drug-likeness (QED) is 0.155. The summed E-state index contributed by atoms with van der Waals surface area (Å²) in [6.07, 6.45) is 0. The van der Waals surface area contributed by atoms with Crippen molar-refractivity contribution < 1.29 is 0 Å². The highest BCUT2D eigenvalue weighted by Crippen LogP contribution is 2.41. The van der Waals surface area contributed by atoms with Crippen LogP contribution in [0, 0.1) is 0 Å². The number of rotatable bonds is 8. The van der Waals surface area contributed by atoms with Gasteiger partial charge in [0.15, 0.2) is 0 Å². The monoisotopic (exact) mass is 675 g/mol. The molecule has 0 fully saturated rings. The zero-order valence-corrected chi connectivity index (χ0v) is 29.3. The van der Waals surface area contributed by atoms with E-state index in [0.29, 0.717) is 0 Å². The van der Waals surface area contributed by atoms with E-state index in [1.54, 1.807) is 0 Å². The molecule has 1 heteroatoms. The predicted molar refractivity (Wildman–Crippen MR) is 226 cm³/mol. The number of anilines is 3. The van der Waals surface area contributed by atoms with E-state index >= 15 is 0 Å². The molecule has 0 unspecified atom stereocenters. The molecule has 0 aliphatic heterocycles. The molecule has 0 radical (unpaired) electrons. The molecule has 0 N–H and O–H groups in total. The smallest absolute Gasteiger partial charge is 0.0467 e. The molecular weight excluding hydrogens is 639 g/mol. The highest BCUT2D eigenvalue weighted by atomic mass is 15.1. The number of nitrogens with zero attached hydrogens (tertiary/aromatic N) is 1. The molecule has 9 aromatic rings. The Morgan fingerprint density at radius 3 is 1.26 bits per heavy atom. The predicted octanol–water partition coefficient (Wildman–Crippen LogP) is 14.6. The Labute approximate surface area is 311 Å². The highest BCUT2D eigenvalue weighted by Gasteiger charge is 2.17. The van der Waals surface area contributed by atoms with Crippen molar-refractivity contribution >= 4 is 27.8 Å². The van der Waals surface area contributed by atoms with Crippen LogP contribution in [0.15, 0.2) is 224 Å². The first-order valence-electron chi connectivity index (χ1n) is 18.2. The zero-order valence-electron chi connectivity index (χ0n) is 29.3. The second kappa shape index (κ2) is 14.3. The van der Waals surface area contributed by atoms with Crippen molar-refractivity contribution in [2.45, 2.75) is 0 Å². The fraction of sp³-hybridized carbons (Fsp3) is 0. The summed E-state index contributed by atoms with van der Waals surface area (Å²) in [4.78, 5) is 2.39. The standard InChI is InChI=1S/C52H37N/c1-3-16-38(17-4-1)42-23-12-27-46(35-42)53(48-29-14-26-45(37-48)51-32-10-9-31-49(51)39-18-5-2-6-19-39)47-28-13-24-43(36-47)41-22-11-25-44(34-41)52-33-15-21-40-20-7-8-30-50(40)52/h1-37H. The normalized spacial score (nSPS) is 11.0. The van der Waals surface area contributed by atoms with Gasteiger partial charge in [0.25, 0.3) is 0 Å². The maximum absolute atomic E-state index is 2.39. The third-order valence-corrected chi connectivity index (χ3v) is 10.0. The van der Waals surface area contributed by atoms with Gasteiger partial charge in [-0.05, 0) is 109 Å². The molecule has 0 heterocycles. The highest BCUT2D eigenvalue weighted by molar-refractivity contribution is 5.97. The van der Waals surface area contributed by atoms with Gasteiger partial charge in [0, 0.05) is 17.1 Å². The molecule has 0 aliphatic carbocycles. The maximum atomic E-state index is 2.39. The van der Waals surface area contributed by atoms with E-state index < -0.39 is 0 Å². The molecule has 9 rings (SSSR count). The Hall–Kier alpha value is -6.96. The van der Waals surface area contributed by atoms with Crippen molar-refractivity contribution in [1.82, 2.24) is 0 Å². The first-order chi connectivity index (χ1) is 26.3. The van der Waals surface area contributed by atoms with Gasteiger partial charge in [0.05, 0.1) is 0 Å². The molecular formula is C52H37N. The van der Waals surface area contributed by atoms with Gasteiger partial charge in [0.1, 0.15) is 0 Å². The Kier molecular flexibility index (Phi) is 8.66. The third kappa shape index (κ3) is 6.53. The van der Waals surface area contributed by atoms with Crippen LogP contribution < -0.4 is 4.90 Å². The minimum atomic E-state index is 1.09. The maximum Gasteiger partial charge on any atom is 0.0467 e. The molecule has 0 atom stereocenters. The molecule has 0 spiro atoms. The number of hydrogen-bond acceptors (Lipinski definition) is 1. The summed E-state index contributed by atoms with van der Waals surface area (Å²) in [5.41, 5.74) is 15.3. The second-order valence-electron chi connectivity index (χ2n) is 13.4. The molecule has 250 valence electrons.